The molecule has 0 aliphatic carbocycles. The number of aromatic hydroxyl groups is 1. The molecule has 2 aromatic carbocycles. The SMILES string of the molecule is Oc1ccc(CNCc2cc(Cl)c3c(c2)OCO3)cc1. The van der Waals surface area contributed by atoms with Gasteiger partial charge in [0.05, 0.1) is 5.02 Å². The van der Waals surface area contributed by atoms with Gasteiger partial charge in [0, 0.05) is 13.1 Å². The largest absolute Gasteiger partial charge is 0.508 e. The van der Waals surface area contributed by atoms with E-state index in [1.165, 1.54) is 0 Å². The van der Waals surface area contributed by atoms with E-state index in [2.05, 4.69) is 5.32 Å². The van der Waals surface area contributed by atoms with E-state index in [0.717, 1.165) is 11.1 Å². The first-order valence-corrected chi connectivity index (χ1v) is 6.67. The molecular formula is C15H14ClNO3. The molecule has 0 saturated heterocycles. The van der Waals surface area contributed by atoms with Gasteiger partial charge in [-0.3, -0.25) is 0 Å². The Morgan fingerprint density at radius 2 is 1.80 bits per heavy atom. The van der Waals surface area contributed by atoms with Gasteiger partial charge in [0.15, 0.2) is 11.5 Å². The van der Waals surface area contributed by atoms with Gasteiger partial charge in [-0.1, -0.05) is 23.7 Å². The van der Waals surface area contributed by atoms with Crippen molar-refractivity contribution in [2.24, 2.45) is 0 Å². The molecule has 2 aromatic rings. The molecule has 2 N–H and O–H groups in total. The highest BCUT2D eigenvalue weighted by molar-refractivity contribution is 6.32. The summed E-state index contributed by atoms with van der Waals surface area (Å²) in [6.45, 7) is 1.61. The number of rotatable bonds is 4. The zero-order chi connectivity index (χ0) is 13.9. The van der Waals surface area contributed by atoms with Gasteiger partial charge in [0.25, 0.3) is 0 Å². The lowest BCUT2D eigenvalue weighted by Gasteiger charge is -2.07. The summed E-state index contributed by atoms with van der Waals surface area (Å²) in [5.74, 6) is 1.59. The van der Waals surface area contributed by atoms with Crippen molar-refractivity contribution >= 4 is 11.6 Å². The normalized spacial score (nSPS) is 12.7. The van der Waals surface area contributed by atoms with Crippen LogP contribution in [0.1, 0.15) is 11.1 Å². The van der Waals surface area contributed by atoms with Crippen LogP contribution in [0.25, 0.3) is 0 Å². The number of ether oxygens (including phenoxy) is 2. The fourth-order valence-electron chi connectivity index (χ4n) is 2.09. The number of nitrogens with one attached hydrogen (secondary N) is 1. The Kier molecular flexibility index (Phi) is 3.67. The zero-order valence-corrected chi connectivity index (χ0v) is 11.5. The third-order valence-electron chi connectivity index (χ3n) is 3.08. The minimum atomic E-state index is 0.222. The molecule has 20 heavy (non-hydrogen) atoms. The first-order valence-electron chi connectivity index (χ1n) is 6.29. The van der Waals surface area contributed by atoms with Crippen molar-refractivity contribution in [2.45, 2.75) is 13.1 Å². The predicted octanol–water partition coefficient (Wildman–Crippen LogP) is 3.06. The van der Waals surface area contributed by atoms with E-state index in [9.17, 15) is 5.11 Å². The number of phenolic OH excluding ortho intramolecular Hbond substituents is 1. The predicted molar refractivity (Wildman–Crippen MR) is 76.2 cm³/mol. The van der Waals surface area contributed by atoms with Crippen molar-refractivity contribution < 1.29 is 14.6 Å². The number of hydrogen-bond donors (Lipinski definition) is 2. The number of benzene rings is 2. The zero-order valence-electron chi connectivity index (χ0n) is 10.7. The van der Waals surface area contributed by atoms with Gasteiger partial charge in [-0.05, 0) is 35.4 Å². The maximum atomic E-state index is 9.22. The fourth-order valence-corrected chi connectivity index (χ4v) is 2.38. The van der Waals surface area contributed by atoms with Crippen LogP contribution >= 0.6 is 11.6 Å². The van der Waals surface area contributed by atoms with E-state index in [1.807, 2.05) is 24.3 Å². The lowest BCUT2D eigenvalue weighted by atomic mass is 10.2. The van der Waals surface area contributed by atoms with Crippen LogP contribution in [0.15, 0.2) is 36.4 Å². The molecule has 0 unspecified atom stereocenters. The second-order valence-corrected chi connectivity index (χ2v) is 4.99. The van der Waals surface area contributed by atoms with Crippen LogP contribution in [-0.4, -0.2) is 11.9 Å². The van der Waals surface area contributed by atoms with E-state index < -0.39 is 0 Å². The summed E-state index contributed by atoms with van der Waals surface area (Å²) in [6, 6.07) is 10.9. The molecule has 0 saturated carbocycles. The van der Waals surface area contributed by atoms with Gasteiger partial charge in [-0.25, -0.2) is 0 Å². The third kappa shape index (κ3) is 2.81. The number of hydrogen-bond acceptors (Lipinski definition) is 4. The number of fused-ring (bicyclic) bond motifs is 1. The number of phenols is 1. The second-order valence-electron chi connectivity index (χ2n) is 4.58. The molecule has 1 aliphatic rings. The summed E-state index contributed by atoms with van der Waals surface area (Å²) in [6.07, 6.45) is 0. The average molecular weight is 292 g/mol. The first kappa shape index (κ1) is 13.1. The lowest BCUT2D eigenvalue weighted by molar-refractivity contribution is 0.174. The van der Waals surface area contributed by atoms with E-state index >= 15 is 0 Å². The molecule has 0 radical (unpaired) electrons. The third-order valence-corrected chi connectivity index (χ3v) is 3.36. The molecule has 0 spiro atoms. The summed E-state index contributed by atoms with van der Waals surface area (Å²) >= 11 is 6.13. The van der Waals surface area contributed by atoms with Crippen molar-refractivity contribution in [3.05, 3.63) is 52.5 Å². The Morgan fingerprint density at radius 3 is 2.60 bits per heavy atom. The minimum Gasteiger partial charge on any atom is -0.508 e. The molecule has 4 nitrogen and oxygen atoms in total. The molecular weight excluding hydrogens is 278 g/mol. The van der Waals surface area contributed by atoms with Crippen molar-refractivity contribution in [2.75, 3.05) is 6.79 Å². The summed E-state index contributed by atoms with van der Waals surface area (Å²) in [5.41, 5.74) is 2.15. The first-order chi connectivity index (χ1) is 9.72. The minimum absolute atomic E-state index is 0.222. The Morgan fingerprint density at radius 1 is 1.05 bits per heavy atom. The summed E-state index contributed by atoms with van der Waals surface area (Å²) in [4.78, 5) is 0. The summed E-state index contributed by atoms with van der Waals surface area (Å²) < 4.78 is 10.6. The topological polar surface area (TPSA) is 50.7 Å². The molecule has 0 bridgehead atoms. The van der Waals surface area contributed by atoms with E-state index in [1.54, 1.807) is 12.1 Å². The molecule has 0 atom stereocenters. The van der Waals surface area contributed by atoms with Crippen LogP contribution in [0.4, 0.5) is 0 Å². The van der Waals surface area contributed by atoms with Crippen molar-refractivity contribution in [1.29, 1.82) is 0 Å². The average Bonchev–Trinajstić information content (AvgIpc) is 2.90. The summed E-state index contributed by atoms with van der Waals surface area (Å²) in [5, 5.41) is 13.1. The highest BCUT2D eigenvalue weighted by atomic mass is 35.5. The van der Waals surface area contributed by atoms with Gasteiger partial charge in [-0.2, -0.15) is 0 Å². The van der Waals surface area contributed by atoms with Gasteiger partial charge in [0.1, 0.15) is 5.75 Å². The maximum absolute atomic E-state index is 9.22. The van der Waals surface area contributed by atoms with Gasteiger partial charge < -0.3 is 19.9 Å². The molecule has 1 aliphatic heterocycles. The number of halogens is 1. The monoisotopic (exact) mass is 291 g/mol. The second kappa shape index (κ2) is 5.61. The Labute approximate surface area is 121 Å². The van der Waals surface area contributed by atoms with Crippen molar-refractivity contribution in [1.82, 2.24) is 5.32 Å². The quantitative estimate of drug-likeness (QED) is 0.909. The molecule has 0 amide bonds. The Bertz CT molecular complexity index is 613. The van der Waals surface area contributed by atoms with Crippen molar-refractivity contribution in [3.63, 3.8) is 0 Å². The molecule has 0 aromatic heterocycles. The van der Waals surface area contributed by atoms with Crippen LogP contribution in [0.3, 0.4) is 0 Å². The van der Waals surface area contributed by atoms with E-state index in [0.29, 0.717) is 29.6 Å². The Hall–Kier alpha value is -1.91. The van der Waals surface area contributed by atoms with Crippen LogP contribution in [0.5, 0.6) is 17.2 Å². The smallest absolute Gasteiger partial charge is 0.231 e. The molecule has 1 heterocycles. The molecule has 5 heteroatoms. The van der Waals surface area contributed by atoms with Crippen LogP contribution in [-0.2, 0) is 13.1 Å². The van der Waals surface area contributed by atoms with Gasteiger partial charge in [-0.15, -0.1) is 0 Å². The Balaban J connectivity index is 1.61. The highest BCUT2D eigenvalue weighted by Crippen LogP contribution is 2.39. The fraction of sp³-hybridized carbons (Fsp3) is 0.200. The highest BCUT2D eigenvalue weighted by Gasteiger charge is 2.17. The molecule has 104 valence electrons. The van der Waals surface area contributed by atoms with E-state index in [4.69, 9.17) is 21.1 Å². The molecule has 3 rings (SSSR count). The van der Waals surface area contributed by atoms with Gasteiger partial charge >= 0.3 is 0 Å². The molecule has 0 fully saturated rings. The van der Waals surface area contributed by atoms with Crippen LogP contribution in [0, 0.1) is 0 Å². The standard InChI is InChI=1S/C15H14ClNO3/c16-13-5-11(6-14-15(13)20-9-19-14)8-17-7-10-1-3-12(18)4-2-10/h1-6,17-18H,7-9H2. The maximum Gasteiger partial charge on any atom is 0.231 e. The van der Waals surface area contributed by atoms with Crippen molar-refractivity contribution in [3.8, 4) is 17.2 Å². The van der Waals surface area contributed by atoms with Crippen LogP contribution in [0.2, 0.25) is 5.02 Å². The lowest BCUT2D eigenvalue weighted by Crippen LogP contribution is -2.12. The van der Waals surface area contributed by atoms with Gasteiger partial charge in [0.2, 0.25) is 6.79 Å². The van der Waals surface area contributed by atoms with E-state index in [-0.39, 0.29) is 12.5 Å². The summed E-state index contributed by atoms with van der Waals surface area (Å²) in [7, 11) is 0. The van der Waals surface area contributed by atoms with Crippen LogP contribution < -0.4 is 14.8 Å².